The minimum Gasteiger partial charge on any atom is -0.393 e. The van der Waals surface area contributed by atoms with Crippen molar-refractivity contribution >= 4 is 5.91 Å². The van der Waals surface area contributed by atoms with E-state index in [9.17, 15) is 9.90 Å². The van der Waals surface area contributed by atoms with E-state index in [4.69, 9.17) is 0 Å². The molecule has 0 aromatic carbocycles. The highest BCUT2D eigenvalue weighted by atomic mass is 16.3. The molecule has 0 aromatic heterocycles. The monoisotopic (exact) mass is 227 g/mol. The van der Waals surface area contributed by atoms with Gasteiger partial charge in [0.1, 0.15) is 0 Å². The van der Waals surface area contributed by atoms with Crippen molar-refractivity contribution in [2.45, 2.75) is 53.6 Å². The third kappa shape index (κ3) is 3.78. The number of carbonyl (C=O) groups is 1. The number of rotatable bonds is 5. The Kier molecular flexibility index (Phi) is 3.68. The molecule has 2 N–H and O–H groups in total. The minimum absolute atomic E-state index is 0.0388. The summed E-state index contributed by atoms with van der Waals surface area (Å²) in [5.74, 6) is 0.360. The van der Waals surface area contributed by atoms with Gasteiger partial charge in [-0.1, -0.05) is 27.7 Å². The predicted octanol–water partition coefficient (Wildman–Crippen LogP) is 1.95. The maximum atomic E-state index is 11.8. The van der Waals surface area contributed by atoms with Crippen LogP contribution in [-0.2, 0) is 4.79 Å². The maximum Gasteiger partial charge on any atom is 0.223 e. The van der Waals surface area contributed by atoms with Gasteiger partial charge in [0.15, 0.2) is 0 Å². The molecular formula is C13H25NO2. The largest absolute Gasteiger partial charge is 0.393 e. The SMILES string of the molecule is CC(O)CC(C)(C)CNC(=O)C1CC1(C)C. The van der Waals surface area contributed by atoms with E-state index < -0.39 is 0 Å². The van der Waals surface area contributed by atoms with E-state index in [2.05, 4.69) is 33.0 Å². The van der Waals surface area contributed by atoms with Gasteiger partial charge in [-0.25, -0.2) is 0 Å². The Morgan fingerprint density at radius 3 is 2.44 bits per heavy atom. The Labute approximate surface area is 98.6 Å². The molecule has 2 atom stereocenters. The molecule has 0 spiro atoms. The molecule has 0 radical (unpaired) electrons. The van der Waals surface area contributed by atoms with Crippen molar-refractivity contribution in [3.63, 3.8) is 0 Å². The van der Waals surface area contributed by atoms with E-state index in [0.717, 1.165) is 6.42 Å². The molecule has 0 saturated heterocycles. The molecule has 1 aliphatic carbocycles. The van der Waals surface area contributed by atoms with Crippen LogP contribution in [0.1, 0.15) is 47.5 Å². The third-order valence-corrected chi connectivity index (χ3v) is 3.42. The maximum absolute atomic E-state index is 11.8. The molecule has 1 saturated carbocycles. The van der Waals surface area contributed by atoms with Crippen LogP contribution in [0.4, 0.5) is 0 Å². The molecule has 1 aliphatic rings. The summed E-state index contributed by atoms with van der Waals surface area (Å²) in [6, 6.07) is 0. The van der Waals surface area contributed by atoms with Gasteiger partial charge in [-0.05, 0) is 30.6 Å². The first-order valence-electron chi connectivity index (χ1n) is 6.10. The van der Waals surface area contributed by atoms with E-state index in [-0.39, 0.29) is 28.8 Å². The Morgan fingerprint density at radius 2 is 2.06 bits per heavy atom. The first kappa shape index (κ1) is 13.5. The zero-order valence-corrected chi connectivity index (χ0v) is 11.1. The Bertz CT molecular complexity index is 269. The van der Waals surface area contributed by atoms with Gasteiger partial charge in [-0.15, -0.1) is 0 Å². The molecule has 3 nitrogen and oxygen atoms in total. The van der Waals surface area contributed by atoms with E-state index >= 15 is 0 Å². The zero-order chi connectivity index (χ0) is 12.6. The van der Waals surface area contributed by atoms with Crippen LogP contribution in [0.3, 0.4) is 0 Å². The first-order chi connectivity index (χ1) is 7.14. The van der Waals surface area contributed by atoms with Gasteiger partial charge in [0.25, 0.3) is 0 Å². The average Bonchev–Trinajstić information content (AvgIpc) is 2.69. The highest BCUT2D eigenvalue weighted by molar-refractivity contribution is 5.82. The Hall–Kier alpha value is -0.570. The lowest BCUT2D eigenvalue weighted by Crippen LogP contribution is -2.37. The summed E-state index contributed by atoms with van der Waals surface area (Å²) in [5, 5.41) is 12.3. The topological polar surface area (TPSA) is 49.3 Å². The number of hydrogen-bond acceptors (Lipinski definition) is 2. The summed E-state index contributed by atoms with van der Waals surface area (Å²) in [4.78, 5) is 11.8. The second-order valence-electron chi connectivity index (χ2n) is 6.68. The lowest BCUT2D eigenvalue weighted by atomic mass is 9.87. The molecule has 0 aromatic rings. The summed E-state index contributed by atoms with van der Waals surface area (Å²) in [6.07, 6.45) is 1.39. The number of carbonyl (C=O) groups excluding carboxylic acids is 1. The highest BCUT2D eigenvalue weighted by Gasteiger charge is 2.50. The zero-order valence-electron chi connectivity index (χ0n) is 11.1. The number of amides is 1. The van der Waals surface area contributed by atoms with Crippen molar-refractivity contribution in [1.29, 1.82) is 0 Å². The predicted molar refractivity (Wildman–Crippen MR) is 65.0 cm³/mol. The summed E-state index contributed by atoms with van der Waals surface area (Å²) in [6.45, 7) is 10.8. The van der Waals surface area contributed by atoms with E-state index in [1.165, 1.54) is 0 Å². The van der Waals surface area contributed by atoms with Gasteiger partial charge >= 0.3 is 0 Å². The number of aliphatic hydroxyl groups excluding tert-OH is 1. The third-order valence-electron chi connectivity index (χ3n) is 3.42. The summed E-state index contributed by atoms with van der Waals surface area (Å²) < 4.78 is 0. The van der Waals surface area contributed by atoms with Crippen LogP contribution in [0.5, 0.6) is 0 Å². The van der Waals surface area contributed by atoms with Gasteiger partial charge in [-0.2, -0.15) is 0 Å². The van der Waals surface area contributed by atoms with Crippen molar-refractivity contribution in [1.82, 2.24) is 5.32 Å². The normalized spacial score (nSPS) is 25.0. The van der Waals surface area contributed by atoms with E-state index in [1.54, 1.807) is 6.92 Å². The first-order valence-corrected chi connectivity index (χ1v) is 6.10. The Morgan fingerprint density at radius 1 is 1.56 bits per heavy atom. The standard InChI is InChI=1S/C13H25NO2/c1-9(15)6-12(2,3)8-14-11(16)10-7-13(10,4)5/h9-10,15H,6-8H2,1-5H3,(H,14,16). The smallest absolute Gasteiger partial charge is 0.223 e. The van der Waals surface area contributed by atoms with Crippen LogP contribution in [0.25, 0.3) is 0 Å². The molecule has 0 aliphatic heterocycles. The average molecular weight is 227 g/mol. The van der Waals surface area contributed by atoms with Gasteiger partial charge < -0.3 is 10.4 Å². The van der Waals surface area contributed by atoms with Crippen LogP contribution < -0.4 is 5.32 Å². The second-order valence-corrected chi connectivity index (χ2v) is 6.68. The van der Waals surface area contributed by atoms with Crippen LogP contribution in [0.15, 0.2) is 0 Å². The molecule has 1 fully saturated rings. The van der Waals surface area contributed by atoms with Crippen LogP contribution in [0, 0.1) is 16.7 Å². The molecule has 0 heterocycles. The number of aliphatic hydroxyl groups is 1. The number of hydrogen-bond donors (Lipinski definition) is 2. The minimum atomic E-state index is -0.315. The van der Waals surface area contributed by atoms with E-state index in [1.807, 2.05) is 0 Å². The van der Waals surface area contributed by atoms with Crippen LogP contribution in [0.2, 0.25) is 0 Å². The molecule has 0 bridgehead atoms. The van der Waals surface area contributed by atoms with Crippen molar-refractivity contribution in [3.05, 3.63) is 0 Å². The fraction of sp³-hybridized carbons (Fsp3) is 0.923. The fourth-order valence-electron chi connectivity index (χ4n) is 2.24. The molecule has 2 unspecified atom stereocenters. The molecule has 1 rings (SSSR count). The second kappa shape index (κ2) is 4.36. The van der Waals surface area contributed by atoms with E-state index in [0.29, 0.717) is 13.0 Å². The van der Waals surface area contributed by atoms with Crippen molar-refractivity contribution in [2.24, 2.45) is 16.7 Å². The quantitative estimate of drug-likeness (QED) is 0.754. The van der Waals surface area contributed by atoms with Crippen molar-refractivity contribution in [3.8, 4) is 0 Å². The molecule has 16 heavy (non-hydrogen) atoms. The molecule has 94 valence electrons. The lowest BCUT2D eigenvalue weighted by Gasteiger charge is -2.26. The summed E-state index contributed by atoms with van der Waals surface area (Å²) >= 11 is 0. The van der Waals surface area contributed by atoms with Gasteiger partial charge in [0.2, 0.25) is 5.91 Å². The molecular weight excluding hydrogens is 202 g/mol. The summed E-state index contributed by atoms with van der Waals surface area (Å²) in [5.41, 5.74) is 0.154. The van der Waals surface area contributed by atoms with Crippen molar-refractivity contribution < 1.29 is 9.90 Å². The highest BCUT2D eigenvalue weighted by Crippen LogP contribution is 2.51. The van der Waals surface area contributed by atoms with Crippen molar-refractivity contribution in [2.75, 3.05) is 6.54 Å². The summed E-state index contributed by atoms with van der Waals surface area (Å²) in [7, 11) is 0. The molecule has 1 amide bonds. The lowest BCUT2D eigenvalue weighted by molar-refractivity contribution is -0.123. The van der Waals surface area contributed by atoms with Gasteiger partial charge in [-0.3, -0.25) is 4.79 Å². The van der Waals surface area contributed by atoms with Crippen LogP contribution in [-0.4, -0.2) is 23.7 Å². The fourth-order valence-corrected chi connectivity index (χ4v) is 2.24. The van der Waals surface area contributed by atoms with Gasteiger partial charge in [0, 0.05) is 12.5 Å². The number of nitrogens with one attached hydrogen (secondary N) is 1. The Balaban J connectivity index is 2.32. The van der Waals surface area contributed by atoms with Gasteiger partial charge in [0.05, 0.1) is 6.10 Å². The van der Waals surface area contributed by atoms with Crippen LogP contribution >= 0.6 is 0 Å². The molecule has 3 heteroatoms.